The van der Waals surface area contributed by atoms with Gasteiger partial charge in [0.15, 0.2) is 0 Å². The lowest BCUT2D eigenvalue weighted by Gasteiger charge is -2.04. The molecular formula is C11H14N2O. The van der Waals surface area contributed by atoms with E-state index in [4.69, 9.17) is 0 Å². The number of carbonyl (C=O) groups is 1. The molecule has 1 aromatic heterocycles. The van der Waals surface area contributed by atoms with E-state index in [9.17, 15) is 4.79 Å². The molecule has 1 amide bonds. The zero-order chi connectivity index (χ0) is 10.4. The summed E-state index contributed by atoms with van der Waals surface area (Å²) in [5.74, 6) is -0.153. The number of nitrogens with one attached hydrogen (secondary N) is 1. The van der Waals surface area contributed by atoms with E-state index in [1.165, 1.54) is 0 Å². The molecule has 0 bridgehead atoms. The number of aromatic nitrogens is 1. The molecule has 1 N–H and O–H groups in total. The van der Waals surface area contributed by atoms with E-state index >= 15 is 0 Å². The van der Waals surface area contributed by atoms with Crippen LogP contribution < -0.4 is 5.32 Å². The van der Waals surface area contributed by atoms with Gasteiger partial charge in [-0.15, -0.1) is 0 Å². The van der Waals surface area contributed by atoms with Gasteiger partial charge in [-0.1, -0.05) is 25.1 Å². The molecule has 0 spiro atoms. The van der Waals surface area contributed by atoms with Crippen molar-refractivity contribution in [1.82, 2.24) is 10.3 Å². The Morgan fingerprint density at radius 1 is 1.57 bits per heavy atom. The van der Waals surface area contributed by atoms with Gasteiger partial charge in [-0.05, 0) is 18.6 Å². The molecule has 14 heavy (non-hydrogen) atoms. The van der Waals surface area contributed by atoms with Crippen LogP contribution in [0, 0.1) is 0 Å². The maximum absolute atomic E-state index is 11.5. The quantitative estimate of drug-likeness (QED) is 0.735. The SMILES string of the molecule is C=C(CC)CNC(=O)c1ccccn1. The summed E-state index contributed by atoms with van der Waals surface area (Å²) in [5.41, 5.74) is 1.45. The van der Waals surface area contributed by atoms with E-state index in [1.54, 1.807) is 24.4 Å². The summed E-state index contributed by atoms with van der Waals surface area (Å²) in [5, 5.41) is 2.75. The van der Waals surface area contributed by atoms with E-state index in [0.717, 1.165) is 12.0 Å². The van der Waals surface area contributed by atoms with Crippen LogP contribution in [0.2, 0.25) is 0 Å². The summed E-state index contributed by atoms with van der Waals surface area (Å²) >= 11 is 0. The first kappa shape index (κ1) is 10.4. The van der Waals surface area contributed by atoms with Crippen molar-refractivity contribution in [3.63, 3.8) is 0 Å². The van der Waals surface area contributed by atoms with E-state index in [0.29, 0.717) is 12.2 Å². The molecule has 1 heterocycles. The highest BCUT2D eigenvalue weighted by molar-refractivity contribution is 5.92. The maximum atomic E-state index is 11.5. The second kappa shape index (κ2) is 5.17. The van der Waals surface area contributed by atoms with Crippen LogP contribution in [0.3, 0.4) is 0 Å². The van der Waals surface area contributed by atoms with Crippen LogP contribution >= 0.6 is 0 Å². The highest BCUT2D eigenvalue weighted by atomic mass is 16.1. The van der Waals surface area contributed by atoms with Crippen molar-refractivity contribution < 1.29 is 4.79 Å². The van der Waals surface area contributed by atoms with Crippen LogP contribution in [0.15, 0.2) is 36.5 Å². The molecule has 0 aliphatic carbocycles. The van der Waals surface area contributed by atoms with Crippen molar-refractivity contribution in [2.45, 2.75) is 13.3 Å². The second-order valence-electron chi connectivity index (χ2n) is 3.00. The zero-order valence-corrected chi connectivity index (χ0v) is 8.29. The number of pyridine rings is 1. The number of rotatable bonds is 4. The average Bonchev–Trinajstić information content (AvgIpc) is 2.26. The standard InChI is InChI=1S/C11H14N2O/c1-3-9(2)8-13-11(14)10-6-4-5-7-12-10/h4-7H,2-3,8H2,1H3,(H,13,14). The molecule has 0 radical (unpaired) electrons. The minimum atomic E-state index is -0.153. The predicted molar refractivity (Wildman–Crippen MR) is 56.0 cm³/mol. The molecule has 0 aliphatic rings. The van der Waals surface area contributed by atoms with Gasteiger partial charge in [-0.3, -0.25) is 9.78 Å². The summed E-state index contributed by atoms with van der Waals surface area (Å²) in [4.78, 5) is 15.4. The van der Waals surface area contributed by atoms with Gasteiger partial charge in [0.1, 0.15) is 5.69 Å². The number of hydrogen-bond acceptors (Lipinski definition) is 2. The molecule has 0 unspecified atom stereocenters. The van der Waals surface area contributed by atoms with Crippen molar-refractivity contribution in [2.75, 3.05) is 6.54 Å². The van der Waals surface area contributed by atoms with Crippen LogP contribution in [-0.4, -0.2) is 17.4 Å². The first-order chi connectivity index (χ1) is 6.74. The number of amides is 1. The molecule has 3 nitrogen and oxygen atoms in total. The highest BCUT2D eigenvalue weighted by Gasteiger charge is 2.04. The molecular weight excluding hydrogens is 176 g/mol. The Morgan fingerprint density at radius 3 is 2.93 bits per heavy atom. The first-order valence-electron chi connectivity index (χ1n) is 4.60. The molecule has 1 rings (SSSR count). The maximum Gasteiger partial charge on any atom is 0.270 e. The van der Waals surface area contributed by atoms with Crippen LogP contribution in [0.5, 0.6) is 0 Å². The third-order valence-electron chi connectivity index (χ3n) is 1.90. The summed E-state index contributed by atoms with van der Waals surface area (Å²) in [6, 6.07) is 5.25. The van der Waals surface area contributed by atoms with E-state index in [-0.39, 0.29) is 5.91 Å². The molecule has 0 atom stereocenters. The van der Waals surface area contributed by atoms with Gasteiger partial charge in [-0.2, -0.15) is 0 Å². The lowest BCUT2D eigenvalue weighted by Crippen LogP contribution is -2.25. The second-order valence-corrected chi connectivity index (χ2v) is 3.00. The lowest BCUT2D eigenvalue weighted by molar-refractivity contribution is 0.0952. The van der Waals surface area contributed by atoms with Crippen molar-refractivity contribution >= 4 is 5.91 Å². The summed E-state index contributed by atoms with van der Waals surface area (Å²) in [7, 11) is 0. The van der Waals surface area contributed by atoms with Gasteiger partial charge in [-0.25, -0.2) is 0 Å². The Labute approximate surface area is 83.9 Å². The Balaban J connectivity index is 2.48. The minimum absolute atomic E-state index is 0.153. The molecule has 0 aromatic carbocycles. The molecule has 3 heteroatoms. The molecule has 0 aliphatic heterocycles. The average molecular weight is 190 g/mol. The summed E-state index contributed by atoms with van der Waals surface area (Å²) in [6.45, 7) is 6.33. The van der Waals surface area contributed by atoms with Crippen molar-refractivity contribution in [2.24, 2.45) is 0 Å². The van der Waals surface area contributed by atoms with Gasteiger partial charge in [0.25, 0.3) is 5.91 Å². The zero-order valence-electron chi connectivity index (χ0n) is 8.29. The van der Waals surface area contributed by atoms with E-state index in [2.05, 4.69) is 16.9 Å². The van der Waals surface area contributed by atoms with Gasteiger partial charge in [0.2, 0.25) is 0 Å². The van der Waals surface area contributed by atoms with Crippen LogP contribution in [-0.2, 0) is 0 Å². The first-order valence-corrected chi connectivity index (χ1v) is 4.60. The fraction of sp³-hybridized carbons (Fsp3) is 0.273. The van der Waals surface area contributed by atoms with E-state index < -0.39 is 0 Å². The monoisotopic (exact) mass is 190 g/mol. The van der Waals surface area contributed by atoms with Gasteiger partial charge >= 0.3 is 0 Å². The Bertz CT molecular complexity index is 319. The van der Waals surface area contributed by atoms with Gasteiger partial charge in [0.05, 0.1) is 0 Å². The highest BCUT2D eigenvalue weighted by Crippen LogP contribution is 1.96. The Hall–Kier alpha value is -1.64. The summed E-state index contributed by atoms with van der Waals surface area (Å²) < 4.78 is 0. The van der Waals surface area contributed by atoms with Crippen LogP contribution in [0.4, 0.5) is 0 Å². The lowest BCUT2D eigenvalue weighted by atomic mass is 10.2. The molecule has 74 valence electrons. The van der Waals surface area contributed by atoms with Crippen LogP contribution in [0.1, 0.15) is 23.8 Å². The fourth-order valence-electron chi connectivity index (χ4n) is 0.918. The Kier molecular flexibility index (Phi) is 3.85. The number of nitrogens with zero attached hydrogens (tertiary/aromatic N) is 1. The largest absolute Gasteiger partial charge is 0.347 e. The third-order valence-corrected chi connectivity index (χ3v) is 1.90. The minimum Gasteiger partial charge on any atom is -0.347 e. The van der Waals surface area contributed by atoms with Gasteiger partial charge in [0, 0.05) is 12.7 Å². The van der Waals surface area contributed by atoms with Crippen molar-refractivity contribution in [3.8, 4) is 0 Å². The smallest absolute Gasteiger partial charge is 0.270 e. The molecule has 0 saturated carbocycles. The molecule has 1 aromatic rings. The normalized spacial score (nSPS) is 9.50. The van der Waals surface area contributed by atoms with Crippen LogP contribution in [0.25, 0.3) is 0 Å². The predicted octanol–water partition coefficient (Wildman–Crippen LogP) is 1.78. The molecule has 0 fully saturated rings. The van der Waals surface area contributed by atoms with Crippen molar-refractivity contribution in [3.05, 3.63) is 42.2 Å². The fourth-order valence-corrected chi connectivity index (χ4v) is 0.918. The Morgan fingerprint density at radius 2 is 2.36 bits per heavy atom. The number of carbonyl (C=O) groups excluding carboxylic acids is 1. The third kappa shape index (κ3) is 3.01. The van der Waals surface area contributed by atoms with E-state index in [1.807, 2.05) is 6.92 Å². The van der Waals surface area contributed by atoms with Gasteiger partial charge < -0.3 is 5.32 Å². The summed E-state index contributed by atoms with van der Waals surface area (Å²) in [6.07, 6.45) is 2.48. The number of hydrogen-bond donors (Lipinski definition) is 1. The van der Waals surface area contributed by atoms with Crippen molar-refractivity contribution in [1.29, 1.82) is 0 Å². The molecule has 0 saturated heterocycles. The topological polar surface area (TPSA) is 42.0 Å².